The highest BCUT2D eigenvalue weighted by Crippen LogP contribution is 2.39. The Morgan fingerprint density at radius 1 is 0.964 bits per heavy atom. The molecule has 0 unspecified atom stereocenters. The largest absolute Gasteiger partial charge is 0.536 e. The molecule has 0 spiro atoms. The van der Waals surface area contributed by atoms with Crippen molar-refractivity contribution in [2.24, 2.45) is 0 Å². The molecule has 0 radical (unpaired) electrons. The van der Waals surface area contributed by atoms with Gasteiger partial charge in [0.25, 0.3) is 0 Å². The molecule has 0 bridgehead atoms. The van der Waals surface area contributed by atoms with Crippen LogP contribution in [0.3, 0.4) is 0 Å². The summed E-state index contributed by atoms with van der Waals surface area (Å²) in [6.45, 7) is 6.58. The van der Waals surface area contributed by atoms with Crippen LogP contribution in [0.15, 0.2) is 54.7 Å². The molecule has 6 heteroatoms. The summed E-state index contributed by atoms with van der Waals surface area (Å²) in [7, 11) is 1.19. The maximum atomic E-state index is 9.22. The van der Waals surface area contributed by atoms with Crippen molar-refractivity contribution < 1.29 is 14.4 Å². The second kappa shape index (κ2) is 6.87. The molecule has 2 aromatic heterocycles. The number of hydrogen-bond acceptors (Lipinski definition) is 4. The first kappa shape index (κ1) is 18.4. The topological polar surface area (TPSA) is 56.5 Å². The Hall–Kier alpha value is -2.99. The summed E-state index contributed by atoms with van der Waals surface area (Å²) in [4.78, 5) is 4.66. The van der Waals surface area contributed by atoms with Crippen molar-refractivity contribution in [3.05, 3.63) is 60.3 Å². The van der Waals surface area contributed by atoms with Crippen molar-refractivity contribution in [1.82, 2.24) is 9.55 Å². The van der Waals surface area contributed by atoms with E-state index < -0.39 is 7.69 Å². The van der Waals surface area contributed by atoms with E-state index in [0.717, 1.165) is 27.6 Å². The Morgan fingerprint density at radius 3 is 2.46 bits per heavy atom. The first-order valence-corrected chi connectivity index (χ1v) is 9.26. The summed E-state index contributed by atoms with van der Waals surface area (Å²) in [6, 6.07) is 16.2. The van der Waals surface area contributed by atoms with E-state index in [0.29, 0.717) is 11.5 Å². The lowest BCUT2D eigenvalue weighted by Crippen LogP contribution is -2.12. The number of pyridine rings is 1. The van der Waals surface area contributed by atoms with Crippen LogP contribution in [0.1, 0.15) is 26.3 Å². The van der Waals surface area contributed by atoms with Crippen LogP contribution in [0.5, 0.6) is 11.5 Å². The highest BCUT2D eigenvalue weighted by Gasteiger charge is 2.19. The number of benzene rings is 2. The third kappa shape index (κ3) is 3.00. The van der Waals surface area contributed by atoms with Gasteiger partial charge >= 0.3 is 7.69 Å². The monoisotopic (exact) mass is 374 g/mol. The molecule has 4 aromatic rings. The van der Waals surface area contributed by atoms with Gasteiger partial charge in [0, 0.05) is 23.0 Å². The Kier molecular flexibility index (Phi) is 4.51. The Labute approximate surface area is 164 Å². The van der Waals surface area contributed by atoms with Crippen molar-refractivity contribution in [3.8, 4) is 17.3 Å². The number of nitrogens with zero attached hydrogens (tertiary/aromatic N) is 2. The van der Waals surface area contributed by atoms with Crippen LogP contribution < -0.4 is 9.39 Å². The summed E-state index contributed by atoms with van der Waals surface area (Å²) >= 11 is 0. The number of para-hydroxylation sites is 1. The van der Waals surface area contributed by atoms with Gasteiger partial charge in [0.05, 0.1) is 18.1 Å². The second-order valence-corrected chi connectivity index (χ2v) is 7.80. The van der Waals surface area contributed by atoms with E-state index in [9.17, 15) is 5.02 Å². The van der Waals surface area contributed by atoms with Gasteiger partial charge in [0.2, 0.25) is 0 Å². The van der Waals surface area contributed by atoms with Gasteiger partial charge in [-0.25, -0.2) is 4.98 Å². The minimum Gasteiger partial charge on any atom is -0.536 e. The van der Waals surface area contributed by atoms with Crippen molar-refractivity contribution in [2.75, 3.05) is 7.11 Å². The summed E-state index contributed by atoms with van der Waals surface area (Å²) in [6.07, 6.45) is 1.86. The molecule has 0 fully saturated rings. The molecular weight excluding hydrogens is 351 g/mol. The van der Waals surface area contributed by atoms with E-state index in [2.05, 4.69) is 54.6 Å². The Bertz CT molecular complexity index is 1160. The number of methoxy groups -OCH3 is 1. The number of rotatable bonds is 4. The van der Waals surface area contributed by atoms with E-state index in [1.807, 2.05) is 30.5 Å². The van der Waals surface area contributed by atoms with Gasteiger partial charge in [-0.1, -0.05) is 39.0 Å². The van der Waals surface area contributed by atoms with Crippen molar-refractivity contribution in [1.29, 1.82) is 0 Å². The molecule has 4 rings (SSSR count). The van der Waals surface area contributed by atoms with Gasteiger partial charge in [0.1, 0.15) is 11.6 Å². The number of aromatic nitrogens is 2. The van der Waals surface area contributed by atoms with Crippen LogP contribution >= 0.6 is 0 Å². The highest BCUT2D eigenvalue weighted by molar-refractivity contribution is 6.18. The van der Waals surface area contributed by atoms with Crippen molar-refractivity contribution in [2.45, 2.75) is 26.2 Å². The molecule has 142 valence electrons. The summed E-state index contributed by atoms with van der Waals surface area (Å²) in [5.41, 5.74) is 3.27. The SMILES string of the molecule is COc1cc2c(cc1OBO)c1ccccc1n2-c1cc(C(C)(C)C)ccn1. The van der Waals surface area contributed by atoms with E-state index in [1.54, 1.807) is 7.11 Å². The maximum absolute atomic E-state index is 9.22. The minimum atomic E-state index is -0.407. The predicted molar refractivity (Wildman–Crippen MR) is 114 cm³/mol. The van der Waals surface area contributed by atoms with Gasteiger partial charge in [-0.05, 0) is 35.2 Å². The first-order chi connectivity index (χ1) is 13.4. The fourth-order valence-corrected chi connectivity index (χ4v) is 3.57. The lowest BCUT2D eigenvalue weighted by molar-refractivity contribution is 0.382. The molecule has 2 aromatic carbocycles. The summed E-state index contributed by atoms with van der Waals surface area (Å²) in [5.74, 6) is 1.94. The van der Waals surface area contributed by atoms with Crippen LogP contribution in [0.2, 0.25) is 0 Å². The van der Waals surface area contributed by atoms with Crippen LogP contribution in [0.25, 0.3) is 27.6 Å². The average Bonchev–Trinajstić information content (AvgIpc) is 3.00. The van der Waals surface area contributed by atoms with Crippen LogP contribution in [-0.4, -0.2) is 29.4 Å². The lowest BCUT2D eigenvalue weighted by atomic mass is 9.88. The molecule has 0 aliphatic carbocycles. The molecule has 0 amide bonds. The third-order valence-corrected chi connectivity index (χ3v) is 5.02. The Morgan fingerprint density at radius 2 is 1.75 bits per heavy atom. The van der Waals surface area contributed by atoms with Gasteiger partial charge in [0.15, 0.2) is 5.75 Å². The zero-order valence-electron chi connectivity index (χ0n) is 16.6. The summed E-state index contributed by atoms with van der Waals surface area (Å²) < 4.78 is 13.0. The van der Waals surface area contributed by atoms with E-state index in [1.165, 1.54) is 5.56 Å². The molecular formula is C22H23BN2O3. The molecule has 2 heterocycles. The fourth-order valence-electron chi connectivity index (χ4n) is 3.57. The quantitative estimate of drug-likeness (QED) is 0.546. The predicted octanol–water partition coefficient (Wildman–Crippen LogP) is 4.12. The van der Waals surface area contributed by atoms with Crippen LogP contribution in [0, 0.1) is 0 Å². The normalized spacial score (nSPS) is 11.8. The fraction of sp³-hybridized carbons (Fsp3) is 0.227. The van der Waals surface area contributed by atoms with Gasteiger partial charge in [-0.3, -0.25) is 4.57 Å². The van der Waals surface area contributed by atoms with Gasteiger partial charge in [-0.15, -0.1) is 0 Å². The molecule has 0 atom stereocenters. The Balaban J connectivity index is 2.07. The van der Waals surface area contributed by atoms with Gasteiger partial charge < -0.3 is 14.4 Å². The van der Waals surface area contributed by atoms with Crippen LogP contribution in [-0.2, 0) is 5.41 Å². The van der Waals surface area contributed by atoms with E-state index in [4.69, 9.17) is 9.39 Å². The lowest BCUT2D eigenvalue weighted by Gasteiger charge is -2.20. The number of fused-ring (bicyclic) bond motifs is 3. The zero-order valence-corrected chi connectivity index (χ0v) is 16.6. The standard InChI is InChI=1S/C22H23BN2O3/c1-22(2,3)14-9-10-24-21(11-14)25-17-8-6-5-7-15(17)16-12-20(28-23-26)19(27-4)13-18(16)25/h5-13,23,26H,1-4H3. The smallest absolute Gasteiger partial charge is 0.504 e. The second-order valence-electron chi connectivity index (χ2n) is 7.80. The van der Waals surface area contributed by atoms with E-state index >= 15 is 0 Å². The number of ether oxygens (including phenoxy) is 1. The average molecular weight is 374 g/mol. The van der Waals surface area contributed by atoms with Crippen molar-refractivity contribution >= 4 is 29.5 Å². The van der Waals surface area contributed by atoms with Crippen molar-refractivity contribution in [3.63, 3.8) is 0 Å². The minimum absolute atomic E-state index is 0.0241. The van der Waals surface area contributed by atoms with Crippen LogP contribution in [0.4, 0.5) is 0 Å². The highest BCUT2D eigenvalue weighted by atomic mass is 16.5. The molecule has 0 aliphatic heterocycles. The zero-order chi connectivity index (χ0) is 19.9. The third-order valence-electron chi connectivity index (χ3n) is 5.02. The number of hydrogen-bond donors (Lipinski definition) is 1. The summed E-state index contributed by atoms with van der Waals surface area (Å²) in [5, 5.41) is 11.3. The molecule has 0 saturated carbocycles. The molecule has 0 aliphatic rings. The van der Waals surface area contributed by atoms with Gasteiger partial charge in [-0.2, -0.15) is 0 Å². The van der Waals surface area contributed by atoms with E-state index in [-0.39, 0.29) is 5.41 Å². The molecule has 5 nitrogen and oxygen atoms in total. The first-order valence-electron chi connectivity index (χ1n) is 9.26. The molecule has 1 N–H and O–H groups in total. The molecule has 28 heavy (non-hydrogen) atoms. The maximum Gasteiger partial charge on any atom is 0.504 e. The molecule has 0 saturated heterocycles.